The number of aliphatic carboxylic acids is 1. The van der Waals surface area contributed by atoms with Crippen LogP contribution in [-0.4, -0.2) is 27.5 Å². The number of nitrogens with zero attached hydrogens (tertiary/aromatic N) is 2. The maximum absolute atomic E-state index is 11.4. The molecule has 1 aliphatic rings. The number of hydrogen-bond donors (Lipinski definition) is 1. The van der Waals surface area contributed by atoms with Gasteiger partial charge in [0.15, 0.2) is 0 Å². The van der Waals surface area contributed by atoms with Gasteiger partial charge < -0.3 is 5.11 Å². The predicted octanol–water partition coefficient (Wildman–Crippen LogP) is 2.33. The summed E-state index contributed by atoms with van der Waals surface area (Å²) in [6.45, 7) is 2.04. The number of fused-ring (bicyclic) bond motifs is 1. The summed E-state index contributed by atoms with van der Waals surface area (Å²) >= 11 is 1.57. The van der Waals surface area contributed by atoms with Gasteiger partial charge >= 0.3 is 5.97 Å². The summed E-state index contributed by atoms with van der Waals surface area (Å²) in [6, 6.07) is 7.81. The third-order valence-corrected chi connectivity index (χ3v) is 4.07. The Morgan fingerprint density at radius 2 is 2.32 bits per heavy atom. The highest BCUT2D eigenvalue weighted by Crippen LogP contribution is 2.29. The second-order valence-electron chi connectivity index (χ2n) is 4.74. The highest BCUT2D eigenvalue weighted by molar-refractivity contribution is 7.07. The van der Waals surface area contributed by atoms with E-state index < -0.39 is 11.9 Å². The van der Waals surface area contributed by atoms with Gasteiger partial charge in [-0.1, -0.05) is 24.3 Å². The molecular weight excluding hydrogens is 260 g/mol. The fourth-order valence-corrected chi connectivity index (χ4v) is 3.11. The second-order valence-corrected chi connectivity index (χ2v) is 5.46. The molecule has 1 atom stereocenters. The molecule has 0 radical (unpaired) electrons. The Kier molecular flexibility index (Phi) is 3.31. The first kappa shape index (κ1) is 12.3. The van der Waals surface area contributed by atoms with E-state index in [1.807, 2.05) is 35.2 Å². The highest BCUT2D eigenvalue weighted by Gasteiger charge is 2.30. The average molecular weight is 274 g/mol. The van der Waals surface area contributed by atoms with Gasteiger partial charge in [0, 0.05) is 25.0 Å². The summed E-state index contributed by atoms with van der Waals surface area (Å²) in [4.78, 5) is 17.8. The van der Waals surface area contributed by atoms with E-state index in [9.17, 15) is 9.90 Å². The Bertz CT molecular complexity index is 583. The normalized spacial score (nSPS) is 19.1. The maximum Gasteiger partial charge on any atom is 0.312 e. The van der Waals surface area contributed by atoms with Gasteiger partial charge in [0.2, 0.25) is 0 Å². The molecule has 1 unspecified atom stereocenters. The van der Waals surface area contributed by atoms with Crippen LogP contribution in [0.1, 0.15) is 22.7 Å². The van der Waals surface area contributed by atoms with Crippen molar-refractivity contribution in [2.45, 2.75) is 19.0 Å². The molecule has 2 aromatic rings. The van der Waals surface area contributed by atoms with E-state index >= 15 is 0 Å². The first-order chi connectivity index (χ1) is 9.24. The number of carbonyl (C=O) groups is 1. The van der Waals surface area contributed by atoms with Crippen LogP contribution >= 0.6 is 11.3 Å². The summed E-state index contributed by atoms with van der Waals surface area (Å²) in [6.07, 6.45) is 0. The monoisotopic (exact) mass is 274 g/mol. The summed E-state index contributed by atoms with van der Waals surface area (Å²) in [7, 11) is 0. The van der Waals surface area contributed by atoms with Crippen LogP contribution in [0.5, 0.6) is 0 Å². The first-order valence-corrected chi connectivity index (χ1v) is 7.08. The number of hydrogen-bond acceptors (Lipinski definition) is 4. The quantitative estimate of drug-likeness (QED) is 0.933. The molecule has 0 amide bonds. The van der Waals surface area contributed by atoms with Crippen molar-refractivity contribution in [3.8, 4) is 0 Å². The lowest BCUT2D eigenvalue weighted by Gasteiger charge is -2.32. The molecule has 0 fully saturated rings. The zero-order valence-corrected chi connectivity index (χ0v) is 11.1. The molecule has 1 N–H and O–H groups in total. The van der Waals surface area contributed by atoms with Crippen molar-refractivity contribution in [1.29, 1.82) is 0 Å². The Hall–Kier alpha value is -1.72. The molecule has 98 valence electrons. The topological polar surface area (TPSA) is 53.4 Å². The lowest BCUT2D eigenvalue weighted by molar-refractivity contribution is -0.139. The zero-order valence-electron chi connectivity index (χ0n) is 10.3. The lowest BCUT2D eigenvalue weighted by Crippen LogP contribution is -2.36. The summed E-state index contributed by atoms with van der Waals surface area (Å²) < 4.78 is 0. The van der Waals surface area contributed by atoms with Crippen molar-refractivity contribution in [3.63, 3.8) is 0 Å². The fraction of sp³-hybridized carbons (Fsp3) is 0.286. The Morgan fingerprint density at radius 1 is 1.47 bits per heavy atom. The average Bonchev–Trinajstić information content (AvgIpc) is 2.90. The maximum atomic E-state index is 11.4. The van der Waals surface area contributed by atoms with Crippen molar-refractivity contribution in [3.05, 3.63) is 52.0 Å². The molecule has 0 spiro atoms. The van der Waals surface area contributed by atoms with Gasteiger partial charge in [-0.2, -0.15) is 0 Å². The van der Waals surface area contributed by atoms with Crippen molar-refractivity contribution >= 4 is 17.3 Å². The minimum atomic E-state index is -0.754. The predicted molar refractivity (Wildman–Crippen MR) is 73.0 cm³/mol. The molecule has 5 heteroatoms. The molecular formula is C14H14N2O2S. The van der Waals surface area contributed by atoms with Crippen molar-refractivity contribution in [2.24, 2.45) is 0 Å². The van der Waals surface area contributed by atoms with E-state index in [0.717, 1.165) is 23.4 Å². The molecule has 0 saturated heterocycles. The van der Waals surface area contributed by atoms with E-state index in [2.05, 4.69) is 9.88 Å². The van der Waals surface area contributed by atoms with Crippen LogP contribution in [0.3, 0.4) is 0 Å². The molecule has 0 bridgehead atoms. The third-order valence-electron chi connectivity index (χ3n) is 3.43. The molecule has 2 heterocycles. The minimum absolute atomic E-state index is 0.441. The number of carboxylic acid groups (broad SMARTS) is 1. The van der Waals surface area contributed by atoms with E-state index in [1.54, 1.807) is 11.3 Å². The van der Waals surface area contributed by atoms with Gasteiger partial charge in [-0.05, 0) is 11.1 Å². The van der Waals surface area contributed by atoms with Crippen LogP contribution < -0.4 is 0 Å². The molecule has 1 aliphatic heterocycles. The minimum Gasteiger partial charge on any atom is -0.481 e. The van der Waals surface area contributed by atoms with E-state index in [0.29, 0.717) is 13.1 Å². The lowest BCUT2D eigenvalue weighted by atomic mass is 9.90. The van der Waals surface area contributed by atoms with Gasteiger partial charge in [0.25, 0.3) is 0 Å². The van der Waals surface area contributed by atoms with Crippen LogP contribution in [-0.2, 0) is 17.9 Å². The molecule has 1 aromatic carbocycles. The van der Waals surface area contributed by atoms with Gasteiger partial charge in [-0.3, -0.25) is 9.69 Å². The summed E-state index contributed by atoms with van der Waals surface area (Å²) in [5, 5.41) is 11.4. The number of carboxylic acids is 1. The number of benzene rings is 1. The molecule has 4 nitrogen and oxygen atoms in total. The van der Waals surface area contributed by atoms with E-state index in [-0.39, 0.29) is 0 Å². The Balaban J connectivity index is 1.86. The van der Waals surface area contributed by atoms with Crippen LogP contribution in [0.2, 0.25) is 0 Å². The third kappa shape index (κ3) is 2.52. The molecule has 0 saturated carbocycles. The Labute approximate surface area is 115 Å². The highest BCUT2D eigenvalue weighted by atomic mass is 32.1. The number of thiazole rings is 1. The first-order valence-electron chi connectivity index (χ1n) is 6.14. The number of aromatic nitrogens is 1. The van der Waals surface area contributed by atoms with Crippen molar-refractivity contribution < 1.29 is 9.90 Å². The largest absolute Gasteiger partial charge is 0.481 e. The molecule has 1 aromatic heterocycles. The van der Waals surface area contributed by atoms with Gasteiger partial charge in [0.1, 0.15) is 0 Å². The van der Waals surface area contributed by atoms with E-state index in [1.165, 1.54) is 0 Å². The van der Waals surface area contributed by atoms with Crippen LogP contribution in [0.25, 0.3) is 0 Å². The van der Waals surface area contributed by atoms with Gasteiger partial charge in [-0.25, -0.2) is 4.98 Å². The van der Waals surface area contributed by atoms with Crippen LogP contribution in [0.15, 0.2) is 35.2 Å². The smallest absolute Gasteiger partial charge is 0.312 e. The van der Waals surface area contributed by atoms with Crippen LogP contribution in [0, 0.1) is 0 Å². The van der Waals surface area contributed by atoms with Gasteiger partial charge in [0.05, 0.1) is 17.1 Å². The zero-order chi connectivity index (χ0) is 13.2. The second kappa shape index (κ2) is 5.11. The number of rotatable bonds is 3. The van der Waals surface area contributed by atoms with Crippen molar-refractivity contribution in [1.82, 2.24) is 9.88 Å². The molecule has 3 rings (SSSR count). The summed E-state index contributed by atoms with van der Waals surface area (Å²) in [5.41, 5.74) is 4.87. The van der Waals surface area contributed by atoms with Crippen LogP contribution in [0.4, 0.5) is 0 Å². The molecule has 0 aliphatic carbocycles. The van der Waals surface area contributed by atoms with Crippen molar-refractivity contribution in [2.75, 3.05) is 6.54 Å². The Morgan fingerprint density at radius 3 is 3.05 bits per heavy atom. The fourth-order valence-electron chi connectivity index (χ4n) is 2.56. The van der Waals surface area contributed by atoms with Gasteiger partial charge in [-0.15, -0.1) is 11.3 Å². The molecule has 19 heavy (non-hydrogen) atoms. The SMILES string of the molecule is O=C(O)C1CN(Cc2cscn2)Cc2ccccc21. The standard InChI is InChI=1S/C14H14N2O2S/c17-14(18)13-7-16(6-11-8-19-9-15-11)5-10-3-1-2-4-12(10)13/h1-4,8-9,13H,5-7H2,(H,17,18). The summed E-state index contributed by atoms with van der Waals surface area (Å²) in [5.74, 6) is -1.20. The van der Waals surface area contributed by atoms with E-state index in [4.69, 9.17) is 0 Å².